The van der Waals surface area contributed by atoms with Crippen molar-refractivity contribution in [1.29, 1.82) is 0 Å². The van der Waals surface area contributed by atoms with Gasteiger partial charge in [-0.25, -0.2) is 4.98 Å². The molecule has 0 spiro atoms. The van der Waals surface area contributed by atoms with Crippen molar-refractivity contribution in [3.05, 3.63) is 65.1 Å². The van der Waals surface area contributed by atoms with Gasteiger partial charge in [0.05, 0.1) is 12.5 Å². The average molecular weight is 328 g/mol. The molecule has 0 saturated heterocycles. The number of amides is 1. The first-order chi connectivity index (χ1) is 11.2. The van der Waals surface area contributed by atoms with Crippen molar-refractivity contribution in [2.45, 2.75) is 25.9 Å². The summed E-state index contributed by atoms with van der Waals surface area (Å²) in [6.07, 6.45) is 8.15. The smallest absolute Gasteiger partial charge is 0.222 e. The molecular formula is C17H20N4OS. The quantitative estimate of drug-likeness (QED) is 0.725. The predicted molar refractivity (Wildman–Crippen MR) is 91.5 cm³/mol. The van der Waals surface area contributed by atoms with Crippen molar-refractivity contribution in [2.75, 3.05) is 6.54 Å². The number of hydrogen-bond acceptors (Lipinski definition) is 3. The van der Waals surface area contributed by atoms with Gasteiger partial charge in [0, 0.05) is 37.9 Å². The first-order valence-corrected chi connectivity index (χ1v) is 8.57. The van der Waals surface area contributed by atoms with Crippen LogP contribution in [-0.2, 0) is 11.3 Å². The normalized spacial score (nSPS) is 12.2. The molecule has 3 heterocycles. The maximum atomic E-state index is 12.3. The zero-order valence-electron chi connectivity index (χ0n) is 13.1. The third-order valence-corrected chi connectivity index (χ3v) is 4.59. The molecule has 3 aromatic heterocycles. The predicted octanol–water partition coefficient (Wildman–Crippen LogP) is 2.85. The first kappa shape index (κ1) is 15.6. The monoisotopic (exact) mass is 328 g/mol. The maximum absolute atomic E-state index is 12.3. The van der Waals surface area contributed by atoms with E-state index in [1.54, 1.807) is 17.5 Å². The topological polar surface area (TPSA) is 51.9 Å². The van der Waals surface area contributed by atoms with Gasteiger partial charge < -0.3 is 14.5 Å². The van der Waals surface area contributed by atoms with E-state index >= 15 is 0 Å². The van der Waals surface area contributed by atoms with Crippen LogP contribution < -0.4 is 5.32 Å². The maximum Gasteiger partial charge on any atom is 0.222 e. The van der Waals surface area contributed by atoms with Gasteiger partial charge in [0.2, 0.25) is 5.91 Å². The number of nitrogens with zero attached hydrogens (tertiary/aromatic N) is 3. The first-order valence-electron chi connectivity index (χ1n) is 7.63. The highest BCUT2D eigenvalue weighted by molar-refractivity contribution is 7.07. The van der Waals surface area contributed by atoms with E-state index in [1.807, 2.05) is 47.6 Å². The molecule has 1 N–H and O–H groups in total. The van der Waals surface area contributed by atoms with E-state index in [9.17, 15) is 4.79 Å². The number of carbonyl (C=O) groups is 1. The molecule has 23 heavy (non-hydrogen) atoms. The van der Waals surface area contributed by atoms with Gasteiger partial charge in [-0.15, -0.1) is 0 Å². The number of aromatic nitrogens is 3. The molecule has 0 radical (unpaired) electrons. The Bertz CT molecular complexity index is 696. The van der Waals surface area contributed by atoms with Gasteiger partial charge in [-0.1, -0.05) is 0 Å². The van der Waals surface area contributed by atoms with Crippen molar-refractivity contribution < 1.29 is 4.79 Å². The van der Waals surface area contributed by atoms with Gasteiger partial charge in [0.15, 0.2) is 0 Å². The Balaban J connectivity index is 1.57. The summed E-state index contributed by atoms with van der Waals surface area (Å²) in [5, 5.41) is 7.16. The molecule has 0 aliphatic rings. The molecule has 6 heteroatoms. The van der Waals surface area contributed by atoms with Crippen molar-refractivity contribution in [2.24, 2.45) is 0 Å². The highest BCUT2D eigenvalue weighted by Gasteiger charge is 2.17. The Morgan fingerprint density at radius 2 is 2.17 bits per heavy atom. The van der Waals surface area contributed by atoms with Crippen LogP contribution in [0.4, 0.5) is 0 Å². The van der Waals surface area contributed by atoms with Gasteiger partial charge in [-0.3, -0.25) is 4.79 Å². The summed E-state index contributed by atoms with van der Waals surface area (Å²) < 4.78 is 4.12. The van der Waals surface area contributed by atoms with E-state index in [-0.39, 0.29) is 11.9 Å². The molecule has 1 unspecified atom stereocenters. The van der Waals surface area contributed by atoms with Crippen LogP contribution in [0.15, 0.2) is 53.7 Å². The number of hydrogen-bond donors (Lipinski definition) is 1. The lowest BCUT2D eigenvalue weighted by atomic mass is 10.1. The second-order valence-corrected chi connectivity index (χ2v) is 6.20. The number of aryl methyl sites for hydroxylation is 1. The summed E-state index contributed by atoms with van der Waals surface area (Å²) in [7, 11) is 0. The summed E-state index contributed by atoms with van der Waals surface area (Å²) in [5.41, 5.74) is 1.17. The molecule has 0 bridgehead atoms. The number of thiophene rings is 1. The second-order valence-electron chi connectivity index (χ2n) is 5.42. The lowest BCUT2D eigenvalue weighted by Gasteiger charge is -2.18. The van der Waals surface area contributed by atoms with Gasteiger partial charge in [-0.2, -0.15) is 11.3 Å². The van der Waals surface area contributed by atoms with Crippen molar-refractivity contribution in [1.82, 2.24) is 19.4 Å². The van der Waals surface area contributed by atoms with E-state index in [0.717, 1.165) is 12.4 Å². The number of imidazole rings is 1. The van der Waals surface area contributed by atoms with E-state index in [1.165, 1.54) is 5.56 Å². The Kier molecular flexibility index (Phi) is 4.92. The summed E-state index contributed by atoms with van der Waals surface area (Å²) in [6, 6.07) is 6.10. The highest BCUT2D eigenvalue weighted by atomic mass is 32.1. The van der Waals surface area contributed by atoms with E-state index < -0.39 is 0 Å². The van der Waals surface area contributed by atoms with E-state index in [4.69, 9.17) is 0 Å². The highest BCUT2D eigenvalue weighted by Crippen LogP contribution is 2.24. The molecule has 0 aliphatic carbocycles. The standard InChI is InChI=1S/C17H20N4OS/c1-14-18-5-9-20(14)10-6-19-17(22)12-16(15-4-11-23-13-15)21-7-2-3-8-21/h2-5,7-9,11,13,16H,6,10,12H2,1H3,(H,19,22). The third kappa shape index (κ3) is 3.90. The second kappa shape index (κ2) is 7.28. The van der Waals surface area contributed by atoms with Crippen LogP contribution in [0.3, 0.4) is 0 Å². The number of carbonyl (C=O) groups excluding carboxylic acids is 1. The molecular weight excluding hydrogens is 308 g/mol. The van der Waals surface area contributed by atoms with Gasteiger partial charge in [0.25, 0.3) is 0 Å². The summed E-state index contributed by atoms with van der Waals surface area (Å²) >= 11 is 1.65. The fraction of sp³-hybridized carbons (Fsp3) is 0.294. The Labute approximate surface area is 139 Å². The van der Waals surface area contributed by atoms with Crippen LogP contribution in [0.5, 0.6) is 0 Å². The molecule has 3 rings (SSSR count). The Morgan fingerprint density at radius 1 is 1.35 bits per heavy atom. The molecule has 1 amide bonds. The molecule has 1 atom stereocenters. The van der Waals surface area contributed by atoms with Crippen molar-refractivity contribution >= 4 is 17.2 Å². The molecule has 0 aliphatic heterocycles. The lowest BCUT2D eigenvalue weighted by Crippen LogP contribution is -2.29. The average Bonchev–Trinajstić information content (AvgIpc) is 3.28. The fourth-order valence-corrected chi connectivity index (χ4v) is 3.33. The van der Waals surface area contributed by atoms with Crippen LogP contribution in [-0.4, -0.2) is 26.6 Å². The molecule has 0 aromatic carbocycles. The Hall–Kier alpha value is -2.34. The molecule has 0 saturated carbocycles. The number of rotatable bonds is 7. The largest absolute Gasteiger partial charge is 0.354 e. The molecule has 0 fully saturated rings. The van der Waals surface area contributed by atoms with Crippen LogP contribution in [0.1, 0.15) is 23.9 Å². The van der Waals surface area contributed by atoms with Crippen LogP contribution in [0.25, 0.3) is 0 Å². The van der Waals surface area contributed by atoms with Gasteiger partial charge >= 0.3 is 0 Å². The zero-order chi connectivity index (χ0) is 16.1. The van der Waals surface area contributed by atoms with Gasteiger partial charge in [-0.05, 0) is 41.4 Å². The molecule has 120 valence electrons. The zero-order valence-corrected chi connectivity index (χ0v) is 13.9. The van der Waals surface area contributed by atoms with E-state index in [0.29, 0.717) is 13.0 Å². The van der Waals surface area contributed by atoms with Gasteiger partial charge in [0.1, 0.15) is 5.82 Å². The van der Waals surface area contributed by atoms with Crippen molar-refractivity contribution in [3.8, 4) is 0 Å². The third-order valence-electron chi connectivity index (χ3n) is 3.89. The summed E-state index contributed by atoms with van der Waals surface area (Å²) in [6.45, 7) is 3.31. The minimum atomic E-state index is 0.0474. The van der Waals surface area contributed by atoms with E-state index in [2.05, 4.69) is 26.3 Å². The molecule has 3 aromatic rings. The summed E-state index contributed by atoms with van der Waals surface area (Å²) in [5.74, 6) is 1.02. The minimum absolute atomic E-state index is 0.0474. The van der Waals surface area contributed by atoms with Crippen molar-refractivity contribution in [3.63, 3.8) is 0 Å². The van der Waals surface area contributed by atoms with Crippen LogP contribution in [0.2, 0.25) is 0 Å². The van der Waals surface area contributed by atoms with Crippen LogP contribution >= 0.6 is 11.3 Å². The molecule has 5 nitrogen and oxygen atoms in total. The lowest BCUT2D eigenvalue weighted by molar-refractivity contribution is -0.121. The SMILES string of the molecule is Cc1nccn1CCNC(=O)CC(c1ccsc1)n1cccc1. The Morgan fingerprint density at radius 3 is 2.83 bits per heavy atom. The summed E-state index contributed by atoms with van der Waals surface area (Å²) in [4.78, 5) is 16.5. The fourth-order valence-electron chi connectivity index (χ4n) is 2.62. The van der Waals surface area contributed by atoms with Crippen LogP contribution in [0, 0.1) is 6.92 Å². The minimum Gasteiger partial charge on any atom is -0.354 e. The number of nitrogens with one attached hydrogen (secondary N) is 1.